The molecule has 328 valence electrons. The van der Waals surface area contributed by atoms with Crippen LogP contribution in [-0.2, 0) is 47.5 Å². The number of carbonyl (C=O) groups excluding carboxylic acids is 2. The number of aliphatic hydroxyl groups is 4. The first-order valence-corrected chi connectivity index (χ1v) is 19.8. The van der Waals surface area contributed by atoms with Crippen molar-refractivity contribution in [3.05, 3.63) is 0 Å². The van der Waals surface area contributed by atoms with Gasteiger partial charge < -0.3 is 63.6 Å². The van der Waals surface area contributed by atoms with Gasteiger partial charge in [0.1, 0.15) is 29.7 Å². The molecule has 16 nitrogen and oxygen atoms in total. The van der Waals surface area contributed by atoms with Gasteiger partial charge in [-0.15, -0.1) is 0 Å². The molecule has 0 radical (unpaired) electrons. The van der Waals surface area contributed by atoms with E-state index in [0.29, 0.717) is 6.42 Å². The standard InChI is InChI=1S/C38H69NO13.C2H4O2/c1-15-26-38(10,45)31(42)21(4)28(40)19(2)17-37(9,47-14)33(52-35-29(41)25(39(11)12)16-20(3)48-35)22(5)30(23(6)34(44)50-26)51-27-18-36(8,46-13)32(43)24(7)49-27;1-2(3)4/h19-27,29-33,35,41-43,45H,15-18H2,1-14H3;1H3,(H,3,4)/t19-,20-,21+,22+,23-,24+,25+,26-,27+,29-,30-,31-,32+,33-,35+,36-,37+,38-;/m1./s1. The Morgan fingerprint density at radius 1 is 0.875 bits per heavy atom. The van der Waals surface area contributed by atoms with E-state index in [2.05, 4.69) is 0 Å². The average molecular weight is 808 g/mol. The summed E-state index contributed by atoms with van der Waals surface area (Å²) in [5.74, 6) is -5.30. The second kappa shape index (κ2) is 20.4. The minimum absolute atomic E-state index is 0.111. The number of ketones is 1. The average Bonchev–Trinajstić information content (AvgIpc) is 3.12. The van der Waals surface area contributed by atoms with Gasteiger partial charge in [0, 0.05) is 51.4 Å². The summed E-state index contributed by atoms with van der Waals surface area (Å²) in [6.45, 7) is 18.1. The molecule has 0 aliphatic carbocycles. The second-order valence-electron chi connectivity index (χ2n) is 17.2. The molecule has 5 N–H and O–H groups in total. The fourth-order valence-electron chi connectivity index (χ4n) is 8.58. The predicted molar refractivity (Wildman–Crippen MR) is 204 cm³/mol. The Hall–Kier alpha value is -1.83. The highest BCUT2D eigenvalue weighted by molar-refractivity contribution is 5.83. The molecule has 0 unspecified atom stereocenters. The molecule has 3 aliphatic heterocycles. The summed E-state index contributed by atoms with van der Waals surface area (Å²) < 4.78 is 43.9. The maximum absolute atomic E-state index is 14.2. The molecule has 0 aromatic rings. The van der Waals surface area contributed by atoms with Gasteiger partial charge in [-0.3, -0.25) is 14.4 Å². The van der Waals surface area contributed by atoms with Gasteiger partial charge in [0.25, 0.3) is 5.97 Å². The topological polar surface area (TPSA) is 220 Å². The van der Waals surface area contributed by atoms with E-state index in [4.69, 9.17) is 43.1 Å². The Bertz CT molecular complexity index is 1280. The molecule has 3 saturated heterocycles. The van der Waals surface area contributed by atoms with Crippen LogP contribution in [0.15, 0.2) is 0 Å². The molecule has 0 aromatic carbocycles. The SMILES string of the molecule is CC(=O)O.CC[C@H]1OC(=O)[C@H](C)[C@H](O[C@H]2C[C@@](C)(OC)[C@@H](O)[C@H](C)O2)[C@H](C)[C@@H](O[C@@H]2O[C@H](C)C[C@H](N(C)C)[C@H]2O)[C@@](C)(OC)C[C@@H](C)C(=O)[C@H](C)[C@@H](O)[C@]1(C)O. The lowest BCUT2D eigenvalue weighted by molar-refractivity contribution is -0.319. The Kier molecular flexibility index (Phi) is 18.4. The van der Waals surface area contributed by atoms with Gasteiger partial charge in [0.15, 0.2) is 12.6 Å². The van der Waals surface area contributed by atoms with Crippen LogP contribution in [0.1, 0.15) is 102 Å². The molecule has 0 spiro atoms. The number of esters is 1. The molecular formula is C40H73NO15. The van der Waals surface area contributed by atoms with E-state index in [9.17, 15) is 30.0 Å². The van der Waals surface area contributed by atoms with Gasteiger partial charge in [-0.25, -0.2) is 0 Å². The van der Waals surface area contributed by atoms with Gasteiger partial charge >= 0.3 is 5.97 Å². The second-order valence-corrected chi connectivity index (χ2v) is 17.2. The Labute approximate surface area is 333 Å². The van der Waals surface area contributed by atoms with Gasteiger partial charge in [-0.1, -0.05) is 27.7 Å². The molecule has 0 bridgehead atoms. The van der Waals surface area contributed by atoms with Gasteiger partial charge in [0.05, 0.1) is 47.6 Å². The van der Waals surface area contributed by atoms with Crippen molar-refractivity contribution in [2.24, 2.45) is 23.7 Å². The summed E-state index contributed by atoms with van der Waals surface area (Å²) in [5, 5.41) is 53.0. The molecular weight excluding hydrogens is 734 g/mol. The lowest BCUT2D eigenvalue weighted by Crippen LogP contribution is -2.61. The number of nitrogens with zero attached hydrogens (tertiary/aromatic N) is 1. The van der Waals surface area contributed by atoms with Crippen molar-refractivity contribution >= 4 is 17.7 Å². The monoisotopic (exact) mass is 807 g/mol. The van der Waals surface area contributed by atoms with Crippen LogP contribution >= 0.6 is 0 Å². The molecule has 18 atom stereocenters. The minimum atomic E-state index is -1.96. The third-order valence-corrected chi connectivity index (χ3v) is 12.3. The van der Waals surface area contributed by atoms with Crippen LogP contribution in [0.4, 0.5) is 0 Å². The highest BCUT2D eigenvalue weighted by Gasteiger charge is 2.54. The van der Waals surface area contributed by atoms with Crippen LogP contribution in [0.2, 0.25) is 0 Å². The number of Topliss-reactive ketones (excluding diaryl/α,β-unsaturated/α-hetero) is 1. The maximum Gasteiger partial charge on any atom is 0.311 e. The zero-order chi connectivity index (χ0) is 43.2. The molecule has 3 heterocycles. The van der Waals surface area contributed by atoms with Gasteiger partial charge in [-0.05, 0) is 74.9 Å². The fraction of sp³-hybridized carbons (Fsp3) is 0.925. The molecule has 0 aromatic heterocycles. The van der Waals surface area contributed by atoms with Crippen LogP contribution < -0.4 is 0 Å². The van der Waals surface area contributed by atoms with Crippen molar-refractivity contribution in [2.75, 3.05) is 28.3 Å². The number of hydrogen-bond acceptors (Lipinski definition) is 15. The van der Waals surface area contributed by atoms with Crippen molar-refractivity contribution < 1.29 is 73.1 Å². The fourth-order valence-corrected chi connectivity index (χ4v) is 8.58. The minimum Gasteiger partial charge on any atom is -0.481 e. The number of methoxy groups -OCH3 is 2. The largest absolute Gasteiger partial charge is 0.481 e. The van der Waals surface area contributed by atoms with E-state index in [-0.39, 0.29) is 37.2 Å². The molecule has 0 saturated carbocycles. The summed E-state index contributed by atoms with van der Waals surface area (Å²) in [4.78, 5) is 39.1. The summed E-state index contributed by atoms with van der Waals surface area (Å²) in [5.41, 5.74) is -4.24. The number of carboxylic acids is 1. The highest BCUT2D eigenvalue weighted by Crippen LogP contribution is 2.41. The predicted octanol–water partition coefficient (Wildman–Crippen LogP) is 2.53. The van der Waals surface area contributed by atoms with Crippen molar-refractivity contribution in [3.8, 4) is 0 Å². The van der Waals surface area contributed by atoms with Crippen LogP contribution in [0.25, 0.3) is 0 Å². The first-order chi connectivity index (χ1) is 25.7. The van der Waals surface area contributed by atoms with E-state index in [1.807, 2.05) is 32.8 Å². The zero-order valence-corrected chi connectivity index (χ0v) is 36.3. The number of aliphatic hydroxyl groups excluding tert-OH is 3. The smallest absolute Gasteiger partial charge is 0.311 e. The van der Waals surface area contributed by atoms with Gasteiger partial charge in [-0.2, -0.15) is 0 Å². The van der Waals surface area contributed by atoms with Crippen molar-refractivity contribution in [2.45, 2.75) is 186 Å². The molecule has 3 aliphatic rings. The summed E-state index contributed by atoms with van der Waals surface area (Å²) in [6, 6.07) is -0.283. The van der Waals surface area contributed by atoms with Gasteiger partial charge in [0.2, 0.25) is 0 Å². The molecule has 56 heavy (non-hydrogen) atoms. The molecule has 0 amide bonds. The first-order valence-electron chi connectivity index (χ1n) is 19.8. The van der Waals surface area contributed by atoms with Crippen molar-refractivity contribution in [1.29, 1.82) is 0 Å². The number of hydrogen-bond donors (Lipinski definition) is 5. The number of carbonyl (C=O) groups is 3. The lowest BCUT2D eigenvalue weighted by Gasteiger charge is -2.50. The van der Waals surface area contributed by atoms with E-state index in [0.717, 1.165) is 6.92 Å². The molecule has 3 fully saturated rings. The normalized spacial score (nSPS) is 46.0. The summed E-state index contributed by atoms with van der Waals surface area (Å²) in [6.07, 6.45) is -8.73. The van der Waals surface area contributed by atoms with Crippen molar-refractivity contribution in [3.63, 3.8) is 0 Å². The lowest BCUT2D eigenvalue weighted by atomic mass is 9.74. The molecule has 16 heteroatoms. The highest BCUT2D eigenvalue weighted by atomic mass is 16.7. The third-order valence-electron chi connectivity index (χ3n) is 12.3. The zero-order valence-electron chi connectivity index (χ0n) is 36.3. The number of likely N-dealkylation sites (N-methyl/N-ethyl adjacent to an activating group) is 1. The number of rotatable bonds is 8. The molecule has 3 rings (SSSR count). The summed E-state index contributed by atoms with van der Waals surface area (Å²) >= 11 is 0. The Morgan fingerprint density at radius 3 is 1.93 bits per heavy atom. The van der Waals surface area contributed by atoms with Crippen molar-refractivity contribution in [1.82, 2.24) is 4.90 Å². The Balaban J connectivity index is 0.00000258. The summed E-state index contributed by atoms with van der Waals surface area (Å²) in [7, 11) is 6.77. The van der Waals surface area contributed by atoms with E-state index in [1.54, 1.807) is 48.5 Å². The third kappa shape index (κ3) is 11.7. The van der Waals surface area contributed by atoms with Crippen LogP contribution in [0.3, 0.4) is 0 Å². The number of cyclic esters (lactones) is 1. The quantitative estimate of drug-likeness (QED) is 0.223. The number of carboxylic acid groups (broad SMARTS) is 1. The maximum atomic E-state index is 14.2. The van der Waals surface area contributed by atoms with Crippen LogP contribution in [0.5, 0.6) is 0 Å². The number of ether oxygens (including phenoxy) is 7. The van der Waals surface area contributed by atoms with E-state index < -0.39 is 108 Å². The first kappa shape index (κ1) is 50.3. The van der Waals surface area contributed by atoms with E-state index in [1.165, 1.54) is 21.1 Å². The van der Waals surface area contributed by atoms with Crippen LogP contribution in [-0.4, -0.2) is 161 Å². The number of aliphatic carboxylic acids is 1. The Morgan fingerprint density at radius 2 is 1.43 bits per heavy atom. The van der Waals surface area contributed by atoms with E-state index >= 15 is 0 Å². The van der Waals surface area contributed by atoms with Crippen LogP contribution in [0, 0.1) is 23.7 Å².